The maximum Gasteiger partial charge on any atom is 0.235 e. The highest BCUT2D eigenvalue weighted by molar-refractivity contribution is 9.10. The van der Waals surface area contributed by atoms with Gasteiger partial charge in [-0.2, -0.15) is 0 Å². The summed E-state index contributed by atoms with van der Waals surface area (Å²) < 4.78 is 13.5. The molecule has 7 heteroatoms. The van der Waals surface area contributed by atoms with Gasteiger partial charge < -0.3 is 16.3 Å². The summed E-state index contributed by atoms with van der Waals surface area (Å²) in [5, 5.41) is 14.1. The molecular formula is C12H15BrFN3O2. The summed E-state index contributed by atoms with van der Waals surface area (Å²) in [6.45, 7) is 3.42. The van der Waals surface area contributed by atoms with E-state index in [4.69, 9.17) is 10.9 Å². The van der Waals surface area contributed by atoms with Crippen LogP contribution in [0.5, 0.6) is 0 Å². The summed E-state index contributed by atoms with van der Waals surface area (Å²) in [4.78, 5) is 12.0. The quantitative estimate of drug-likeness (QED) is 0.343. The van der Waals surface area contributed by atoms with E-state index in [0.29, 0.717) is 17.7 Å². The fourth-order valence-corrected chi connectivity index (χ4v) is 1.94. The number of amides is 1. The number of aryl methyl sites for hydroxylation is 1. The Bertz CT molecular complexity index is 520. The zero-order valence-electron chi connectivity index (χ0n) is 10.6. The normalized spacial score (nSPS) is 13.2. The molecule has 1 aromatic carbocycles. The standard InChI is InChI=1S/C12H15BrFN3O2/c1-3-7(11(15)17-19)12(18)16-10-5-8(13)9(14)4-6(10)2/h4-5,7,19H,3H2,1-2H3,(H2,15,17)(H,16,18). The molecule has 1 atom stereocenters. The van der Waals surface area contributed by atoms with Gasteiger partial charge in [-0.15, -0.1) is 0 Å². The van der Waals surface area contributed by atoms with Crippen molar-refractivity contribution < 1.29 is 14.4 Å². The van der Waals surface area contributed by atoms with Gasteiger partial charge in [-0.05, 0) is 47.0 Å². The number of hydrogen-bond acceptors (Lipinski definition) is 3. The lowest BCUT2D eigenvalue weighted by atomic mass is 10.0. The van der Waals surface area contributed by atoms with Crippen molar-refractivity contribution in [3.05, 3.63) is 28.0 Å². The molecule has 0 fully saturated rings. The van der Waals surface area contributed by atoms with Crippen molar-refractivity contribution in [2.45, 2.75) is 20.3 Å². The number of oxime groups is 1. The molecule has 0 aromatic heterocycles. The molecule has 0 aliphatic rings. The van der Waals surface area contributed by atoms with Gasteiger partial charge in [0.25, 0.3) is 0 Å². The van der Waals surface area contributed by atoms with Crippen LogP contribution in [-0.2, 0) is 4.79 Å². The zero-order valence-corrected chi connectivity index (χ0v) is 12.2. The second-order valence-electron chi connectivity index (χ2n) is 4.06. The third-order valence-corrected chi connectivity index (χ3v) is 3.33. The number of carbonyl (C=O) groups is 1. The third kappa shape index (κ3) is 3.66. The number of amidine groups is 1. The molecule has 0 bridgehead atoms. The maximum absolute atomic E-state index is 13.3. The molecule has 4 N–H and O–H groups in total. The van der Waals surface area contributed by atoms with Gasteiger partial charge in [-0.3, -0.25) is 4.79 Å². The first-order valence-corrected chi connectivity index (χ1v) is 6.43. The summed E-state index contributed by atoms with van der Waals surface area (Å²) in [6, 6.07) is 2.78. The first kappa shape index (κ1) is 15.4. The van der Waals surface area contributed by atoms with Gasteiger partial charge in [-0.1, -0.05) is 12.1 Å². The smallest absolute Gasteiger partial charge is 0.235 e. The molecule has 0 saturated carbocycles. The van der Waals surface area contributed by atoms with Crippen LogP contribution in [0.3, 0.4) is 0 Å². The highest BCUT2D eigenvalue weighted by atomic mass is 79.9. The molecule has 19 heavy (non-hydrogen) atoms. The molecule has 1 amide bonds. The lowest BCUT2D eigenvalue weighted by Crippen LogP contribution is -2.34. The van der Waals surface area contributed by atoms with Crippen molar-refractivity contribution in [3.63, 3.8) is 0 Å². The molecule has 0 aliphatic carbocycles. The van der Waals surface area contributed by atoms with E-state index in [1.807, 2.05) is 0 Å². The number of nitrogens with two attached hydrogens (primary N) is 1. The van der Waals surface area contributed by atoms with Gasteiger partial charge in [0.1, 0.15) is 5.82 Å². The van der Waals surface area contributed by atoms with Crippen molar-refractivity contribution in [3.8, 4) is 0 Å². The molecule has 0 spiro atoms. The fourth-order valence-electron chi connectivity index (χ4n) is 1.60. The van der Waals surface area contributed by atoms with E-state index in [1.54, 1.807) is 13.8 Å². The van der Waals surface area contributed by atoms with E-state index < -0.39 is 17.6 Å². The Morgan fingerprint density at radius 3 is 2.79 bits per heavy atom. The van der Waals surface area contributed by atoms with Crippen molar-refractivity contribution in [1.29, 1.82) is 0 Å². The van der Waals surface area contributed by atoms with E-state index in [1.165, 1.54) is 12.1 Å². The van der Waals surface area contributed by atoms with Crippen LogP contribution < -0.4 is 11.1 Å². The Balaban J connectivity index is 2.96. The minimum atomic E-state index is -0.728. The highest BCUT2D eigenvalue weighted by Gasteiger charge is 2.22. The van der Waals surface area contributed by atoms with Crippen molar-refractivity contribution in [2.75, 3.05) is 5.32 Å². The Morgan fingerprint density at radius 1 is 1.63 bits per heavy atom. The zero-order chi connectivity index (χ0) is 14.6. The van der Waals surface area contributed by atoms with Crippen LogP contribution >= 0.6 is 15.9 Å². The predicted octanol–water partition coefficient (Wildman–Crippen LogP) is 2.61. The number of nitrogens with zero attached hydrogens (tertiary/aromatic N) is 1. The average Bonchev–Trinajstić information content (AvgIpc) is 2.36. The number of anilines is 1. The Hall–Kier alpha value is -1.63. The van der Waals surface area contributed by atoms with Crippen molar-refractivity contribution in [2.24, 2.45) is 16.8 Å². The highest BCUT2D eigenvalue weighted by Crippen LogP contribution is 2.24. The molecule has 104 valence electrons. The van der Waals surface area contributed by atoms with Crippen LogP contribution in [0.4, 0.5) is 10.1 Å². The first-order chi connectivity index (χ1) is 8.90. The van der Waals surface area contributed by atoms with E-state index in [-0.39, 0.29) is 10.3 Å². The number of rotatable bonds is 4. The summed E-state index contributed by atoms with van der Waals surface area (Å²) in [7, 11) is 0. The molecule has 0 saturated heterocycles. The maximum atomic E-state index is 13.3. The van der Waals surface area contributed by atoms with Crippen molar-refractivity contribution in [1.82, 2.24) is 0 Å². The largest absolute Gasteiger partial charge is 0.409 e. The van der Waals surface area contributed by atoms with Gasteiger partial charge in [0.15, 0.2) is 5.84 Å². The van der Waals surface area contributed by atoms with E-state index in [2.05, 4.69) is 26.4 Å². The molecule has 1 aromatic rings. The second-order valence-corrected chi connectivity index (χ2v) is 4.91. The molecule has 0 heterocycles. The molecule has 5 nitrogen and oxygen atoms in total. The van der Waals surface area contributed by atoms with Gasteiger partial charge >= 0.3 is 0 Å². The lowest BCUT2D eigenvalue weighted by molar-refractivity contribution is -0.118. The number of halogens is 2. The summed E-state index contributed by atoms with van der Waals surface area (Å²) in [6.07, 6.45) is 0.392. The molecule has 0 aliphatic heterocycles. The Morgan fingerprint density at radius 2 is 2.26 bits per heavy atom. The molecule has 1 rings (SSSR count). The van der Waals surface area contributed by atoms with Gasteiger partial charge in [0.05, 0.1) is 10.4 Å². The lowest BCUT2D eigenvalue weighted by Gasteiger charge is -2.15. The monoisotopic (exact) mass is 331 g/mol. The van der Waals surface area contributed by atoms with E-state index in [9.17, 15) is 9.18 Å². The summed E-state index contributed by atoms with van der Waals surface area (Å²) in [5.74, 6) is -1.69. The topological polar surface area (TPSA) is 87.7 Å². The Kier molecular flexibility index (Phi) is 5.29. The number of carbonyl (C=O) groups excluding carboxylic acids is 1. The van der Waals surface area contributed by atoms with Gasteiger partial charge in [0.2, 0.25) is 5.91 Å². The fraction of sp³-hybridized carbons (Fsp3) is 0.333. The van der Waals surface area contributed by atoms with Crippen LogP contribution in [0.1, 0.15) is 18.9 Å². The van der Waals surface area contributed by atoms with Crippen LogP contribution in [0.15, 0.2) is 21.8 Å². The van der Waals surface area contributed by atoms with E-state index in [0.717, 1.165) is 0 Å². The first-order valence-electron chi connectivity index (χ1n) is 5.64. The van der Waals surface area contributed by atoms with Crippen molar-refractivity contribution >= 4 is 33.4 Å². The molecule has 1 unspecified atom stereocenters. The predicted molar refractivity (Wildman–Crippen MR) is 74.7 cm³/mol. The van der Waals surface area contributed by atoms with Gasteiger partial charge in [-0.25, -0.2) is 4.39 Å². The number of hydrogen-bond donors (Lipinski definition) is 3. The minimum Gasteiger partial charge on any atom is -0.409 e. The number of nitrogens with one attached hydrogen (secondary N) is 1. The minimum absolute atomic E-state index is 0.154. The van der Waals surface area contributed by atoms with E-state index >= 15 is 0 Å². The molecule has 0 radical (unpaired) electrons. The second kappa shape index (κ2) is 6.51. The Labute approximate surface area is 118 Å². The summed E-state index contributed by atoms with van der Waals surface area (Å²) >= 11 is 3.05. The number of benzene rings is 1. The molecular weight excluding hydrogens is 317 g/mol. The van der Waals surface area contributed by atoms with Crippen LogP contribution in [0.2, 0.25) is 0 Å². The van der Waals surface area contributed by atoms with Crippen LogP contribution in [0, 0.1) is 18.7 Å². The SMILES string of the molecule is CCC(C(=O)Nc1cc(Br)c(F)cc1C)/C(N)=N/O. The summed E-state index contributed by atoms with van der Waals surface area (Å²) in [5.41, 5.74) is 6.51. The average molecular weight is 332 g/mol. The third-order valence-electron chi connectivity index (χ3n) is 2.72. The van der Waals surface area contributed by atoms with Crippen LogP contribution in [0.25, 0.3) is 0 Å². The van der Waals surface area contributed by atoms with Gasteiger partial charge in [0, 0.05) is 5.69 Å². The van der Waals surface area contributed by atoms with Crippen LogP contribution in [-0.4, -0.2) is 17.0 Å².